The highest BCUT2D eigenvalue weighted by atomic mass is 14.4. The van der Waals surface area contributed by atoms with E-state index in [1.165, 1.54) is 0 Å². The van der Waals surface area contributed by atoms with Crippen molar-refractivity contribution in [2.45, 2.75) is 76.2 Å². The molecule has 0 amide bonds. The first kappa shape index (κ1) is 16.7. The molecular formula is C17H34. The van der Waals surface area contributed by atoms with Crippen molar-refractivity contribution in [1.82, 2.24) is 0 Å². The van der Waals surface area contributed by atoms with Crippen molar-refractivity contribution >= 4 is 0 Å². The lowest BCUT2D eigenvalue weighted by molar-refractivity contribution is 0.171. The van der Waals surface area contributed by atoms with Gasteiger partial charge in [-0.15, -0.1) is 0 Å². The zero-order chi connectivity index (χ0) is 14.2. The lowest BCUT2D eigenvalue weighted by atomic mass is 9.62. The molecule has 0 aromatic rings. The van der Waals surface area contributed by atoms with E-state index in [1.807, 2.05) is 0 Å². The number of hydrogen-bond acceptors (Lipinski definition) is 0. The van der Waals surface area contributed by atoms with Gasteiger partial charge in [-0.05, 0) is 36.0 Å². The zero-order valence-electron chi connectivity index (χ0n) is 14.1. The first-order chi connectivity index (χ1) is 7.23. The molecule has 1 unspecified atom stereocenters. The summed E-state index contributed by atoms with van der Waals surface area (Å²) >= 11 is 0. The molecule has 0 aromatic heterocycles. The molecule has 17 heavy (non-hydrogen) atoms. The van der Waals surface area contributed by atoms with Crippen molar-refractivity contribution in [3.63, 3.8) is 0 Å². The fourth-order valence-corrected chi connectivity index (χ4v) is 2.03. The predicted octanol–water partition coefficient (Wildman–Crippen LogP) is 6.08. The van der Waals surface area contributed by atoms with Gasteiger partial charge in [0, 0.05) is 0 Å². The first-order valence-electron chi connectivity index (χ1n) is 6.90. The predicted molar refractivity (Wildman–Crippen MR) is 80.2 cm³/mol. The summed E-state index contributed by atoms with van der Waals surface area (Å²) in [5.74, 6) is 0.629. The average molecular weight is 238 g/mol. The molecule has 0 heterocycles. The van der Waals surface area contributed by atoms with Crippen LogP contribution >= 0.6 is 0 Å². The van der Waals surface area contributed by atoms with Gasteiger partial charge in [-0.2, -0.15) is 0 Å². The highest BCUT2D eigenvalue weighted by Crippen LogP contribution is 2.47. The third-order valence-corrected chi connectivity index (χ3v) is 5.35. The van der Waals surface area contributed by atoms with Crippen molar-refractivity contribution in [3.8, 4) is 0 Å². The van der Waals surface area contributed by atoms with Gasteiger partial charge in [-0.3, -0.25) is 0 Å². The highest BCUT2D eigenvalue weighted by molar-refractivity contribution is 5.22. The van der Waals surface area contributed by atoms with E-state index >= 15 is 0 Å². The van der Waals surface area contributed by atoms with Crippen LogP contribution in [0.3, 0.4) is 0 Å². The largest absolute Gasteiger partial charge is 0.0705 e. The number of allylic oxidation sites excluding steroid dienone is 2. The van der Waals surface area contributed by atoms with E-state index in [0.717, 1.165) is 0 Å². The van der Waals surface area contributed by atoms with Crippen LogP contribution in [0.4, 0.5) is 0 Å². The Labute approximate surface area is 110 Å². The van der Waals surface area contributed by atoms with Crippen molar-refractivity contribution in [3.05, 3.63) is 11.1 Å². The Hall–Kier alpha value is -0.260. The molecular weight excluding hydrogens is 204 g/mol. The fraction of sp³-hybridized carbons (Fsp3) is 0.882. The van der Waals surface area contributed by atoms with Crippen molar-refractivity contribution in [2.24, 2.45) is 22.2 Å². The van der Waals surface area contributed by atoms with Crippen LogP contribution in [0.5, 0.6) is 0 Å². The Morgan fingerprint density at radius 2 is 1.12 bits per heavy atom. The smallest absolute Gasteiger partial charge is 0.00963 e. The normalized spacial score (nSPS) is 17.8. The van der Waals surface area contributed by atoms with Gasteiger partial charge >= 0.3 is 0 Å². The first-order valence-corrected chi connectivity index (χ1v) is 6.90. The summed E-state index contributed by atoms with van der Waals surface area (Å²) in [6.07, 6.45) is 0. The number of rotatable bonds is 2. The minimum Gasteiger partial charge on any atom is -0.0705 e. The molecule has 0 spiro atoms. The molecule has 0 aliphatic carbocycles. The maximum absolute atomic E-state index is 2.38. The third-order valence-electron chi connectivity index (χ3n) is 5.35. The van der Waals surface area contributed by atoms with Crippen molar-refractivity contribution in [2.75, 3.05) is 0 Å². The summed E-state index contributed by atoms with van der Waals surface area (Å²) in [7, 11) is 0. The topological polar surface area (TPSA) is 0 Å². The van der Waals surface area contributed by atoms with Crippen LogP contribution in [0.25, 0.3) is 0 Å². The van der Waals surface area contributed by atoms with Crippen molar-refractivity contribution < 1.29 is 0 Å². The van der Waals surface area contributed by atoms with Gasteiger partial charge in [0.15, 0.2) is 0 Å². The molecule has 0 saturated carbocycles. The molecule has 0 bridgehead atoms. The van der Waals surface area contributed by atoms with E-state index in [-0.39, 0.29) is 5.41 Å². The second-order valence-electron chi connectivity index (χ2n) is 8.27. The van der Waals surface area contributed by atoms with E-state index in [0.29, 0.717) is 16.7 Å². The Morgan fingerprint density at radius 3 is 1.35 bits per heavy atom. The van der Waals surface area contributed by atoms with E-state index in [1.54, 1.807) is 11.1 Å². The van der Waals surface area contributed by atoms with E-state index in [9.17, 15) is 0 Å². The van der Waals surface area contributed by atoms with Crippen LogP contribution in [0.2, 0.25) is 0 Å². The molecule has 102 valence electrons. The third kappa shape index (κ3) is 3.60. The Bertz CT molecular complexity index is 289. The van der Waals surface area contributed by atoms with Crippen molar-refractivity contribution in [1.29, 1.82) is 0 Å². The van der Waals surface area contributed by atoms with E-state index < -0.39 is 0 Å². The van der Waals surface area contributed by atoms with Gasteiger partial charge < -0.3 is 0 Å². The molecule has 0 rings (SSSR count). The summed E-state index contributed by atoms with van der Waals surface area (Å²) in [5, 5.41) is 0. The molecule has 0 fully saturated rings. The van der Waals surface area contributed by atoms with E-state index in [4.69, 9.17) is 0 Å². The van der Waals surface area contributed by atoms with Gasteiger partial charge in [-0.25, -0.2) is 0 Å². The minimum absolute atomic E-state index is 0.247. The second kappa shape index (κ2) is 4.78. The van der Waals surface area contributed by atoms with E-state index in [2.05, 4.69) is 76.2 Å². The fourth-order valence-electron chi connectivity index (χ4n) is 2.03. The Kier molecular flexibility index (Phi) is 4.71. The summed E-state index contributed by atoms with van der Waals surface area (Å²) < 4.78 is 0. The highest BCUT2D eigenvalue weighted by Gasteiger charge is 2.36. The molecule has 0 saturated heterocycles. The monoisotopic (exact) mass is 238 g/mol. The molecule has 1 atom stereocenters. The lowest BCUT2D eigenvalue weighted by Crippen LogP contribution is -2.32. The maximum atomic E-state index is 2.38. The molecule has 0 aromatic carbocycles. The van der Waals surface area contributed by atoms with Gasteiger partial charge in [-0.1, -0.05) is 73.5 Å². The molecule has 0 nitrogen and oxygen atoms in total. The lowest BCUT2D eigenvalue weighted by Gasteiger charge is -2.43. The summed E-state index contributed by atoms with van der Waals surface area (Å²) in [6, 6.07) is 0. The van der Waals surface area contributed by atoms with Gasteiger partial charge in [0.2, 0.25) is 0 Å². The standard InChI is InChI=1S/C17H34/c1-12(13(2)15(4,5)6)14(3)17(10,11)16(7,8)9/h13H,1-11H3/b14-12+. The molecule has 0 heteroatoms. The zero-order valence-corrected chi connectivity index (χ0v) is 14.1. The number of hydrogen-bond donors (Lipinski definition) is 0. The van der Waals surface area contributed by atoms with Crippen LogP contribution < -0.4 is 0 Å². The average Bonchev–Trinajstić information content (AvgIpc) is 2.10. The maximum Gasteiger partial charge on any atom is -0.00963 e. The van der Waals surface area contributed by atoms with Crippen LogP contribution in [0.1, 0.15) is 76.2 Å². The Balaban J connectivity index is 5.48. The molecule has 0 aliphatic rings. The minimum atomic E-state index is 0.247. The Morgan fingerprint density at radius 1 is 0.765 bits per heavy atom. The SMILES string of the molecule is C/C(=C(/C)C(C)(C)C(C)(C)C)C(C)C(C)(C)C. The summed E-state index contributed by atoms with van der Waals surface area (Å²) in [5.41, 5.74) is 4.02. The second-order valence-corrected chi connectivity index (χ2v) is 8.27. The van der Waals surface area contributed by atoms with Crippen LogP contribution in [0, 0.1) is 22.2 Å². The van der Waals surface area contributed by atoms with Crippen LogP contribution in [-0.2, 0) is 0 Å². The molecule has 0 N–H and O–H groups in total. The molecule has 0 aliphatic heterocycles. The van der Waals surface area contributed by atoms with Crippen LogP contribution in [-0.4, -0.2) is 0 Å². The quantitative estimate of drug-likeness (QED) is 0.512. The van der Waals surface area contributed by atoms with Gasteiger partial charge in [0.1, 0.15) is 0 Å². The summed E-state index contributed by atoms with van der Waals surface area (Å²) in [6.45, 7) is 25.8. The molecule has 0 radical (unpaired) electrons. The van der Waals surface area contributed by atoms with Gasteiger partial charge in [0.05, 0.1) is 0 Å². The van der Waals surface area contributed by atoms with Crippen LogP contribution in [0.15, 0.2) is 11.1 Å². The van der Waals surface area contributed by atoms with Gasteiger partial charge in [0.25, 0.3) is 0 Å². The summed E-state index contributed by atoms with van der Waals surface area (Å²) in [4.78, 5) is 0.